The van der Waals surface area contributed by atoms with Crippen molar-refractivity contribution in [2.45, 2.75) is 33.2 Å². The van der Waals surface area contributed by atoms with Crippen LogP contribution in [0.25, 0.3) is 0 Å². The number of rotatable bonds is 1. The van der Waals surface area contributed by atoms with E-state index >= 15 is 0 Å². The van der Waals surface area contributed by atoms with Crippen LogP contribution in [0.1, 0.15) is 27.2 Å². The van der Waals surface area contributed by atoms with E-state index in [0.29, 0.717) is 5.92 Å². The minimum atomic E-state index is -0.336. The second kappa shape index (κ2) is 3.17. The molecule has 68 valence electrons. The van der Waals surface area contributed by atoms with Crippen LogP contribution >= 0.6 is 0 Å². The Bertz CT molecular complexity index is 231. The van der Waals surface area contributed by atoms with Crippen molar-refractivity contribution in [3.63, 3.8) is 0 Å². The fourth-order valence-electron chi connectivity index (χ4n) is 1.31. The van der Waals surface area contributed by atoms with Crippen molar-refractivity contribution in [3.05, 3.63) is 11.3 Å². The lowest BCUT2D eigenvalue weighted by molar-refractivity contribution is -0.121. The molecule has 12 heavy (non-hydrogen) atoms. The Morgan fingerprint density at radius 3 is 2.58 bits per heavy atom. The monoisotopic (exact) mass is 169 g/mol. The highest BCUT2D eigenvalue weighted by molar-refractivity contribution is 5.92. The first kappa shape index (κ1) is 9.10. The molecule has 0 fully saturated rings. The quantitative estimate of drug-likeness (QED) is 0.622. The van der Waals surface area contributed by atoms with E-state index in [0.717, 1.165) is 12.0 Å². The van der Waals surface area contributed by atoms with Crippen molar-refractivity contribution in [1.29, 1.82) is 0 Å². The molecule has 1 atom stereocenters. The Morgan fingerprint density at radius 1 is 1.58 bits per heavy atom. The third-order valence-corrected chi connectivity index (χ3v) is 2.27. The molecule has 1 heterocycles. The van der Waals surface area contributed by atoms with E-state index in [9.17, 15) is 9.90 Å². The molecule has 0 radical (unpaired) electrons. The predicted molar refractivity (Wildman–Crippen MR) is 46.7 cm³/mol. The summed E-state index contributed by atoms with van der Waals surface area (Å²) in [6.07, 6.45) is 0.759. The average molecular weight is 169 g/mol. The van der Waals surface area contributed by atoms with Gasteiger partial charge in [-0.05, 0) is 24.8 Å². The molecule has 0 saturated carbocycles. The molecular formula is C9H15NO2. The van der Waals surface area contributed by atoms with Gasteiger partial charge < -0.3 is 10.4 Å². The number of amides is 1. The van der Waals surface area contributed by atoms with Crippen molar-refractivity contribution >= 4 is 5.91 Å². The number of hydrogen-bond donors (Lipinski definition) is 2. The second-order valence-electron chi connectivity index (χ2n) is 3.66. The van der Waals surface area contributed by atoms with Gasteiger partial charge in [0, 0.05) is 6.04 Å². The largest absolute Gasteiger partial charge is 0.503 e. The molecule has 0 spiro atoms. The fraction of sp³-hybridized carbons (Fsp3) is 0.667. The van der Waals surface area contributed by atoms with E-state index in [1.165, 1.54) is 0 Å². The number of aliphatic hydroxyl groups is 1. The number of carbonyl (C=O) groups excluding carboxylic acids is 1. The summed E-state index contributed by atoms with van der Waals surface area (Å²) in [6, 6.07) is 0.174. The molecular weight excluding hydrogens is 154 g/mol. The third-order valence-electron chi connectivity index (χ3n) is 2.27. The molecule has 0 aromatic carbocycles. The molecule has 3 heteroatoms. The Morgan fingerprint density at radius 2 is 2.17 bits per heavy atom. The Balaban J connectivity index is 2.78. The predicted octanol–water partition coefficient (Wildman–Crippen LogP) is 1.36. The molecule has 1 rings (SSSR count). The Labute approximate surface area is 72.5 Å². The lowest BCUT2D eigenvalue weighted by Gasteiger charge is -2.26. The first-order valence-corrected chi connectivity index (χ1v) is 4.22. The van der Waals surface area contributed by atoms with Crippen molar-refractivity contribution in [1.82, 2.24) is 5.32 Å². The van der Waals surface area contributed by atoms with E-state index in [4.69, 9.17) is 0 Å². The van der Waals surface area contributed by atoms with Gasteiger partial charge in [0.25, 0.3) is 5.91 Å². The van der Waals surface area contributed by atoms with Crippen LogP contribution in [-0.2, 0) is 4.79 Å². The fourth-order valence-corrected chi connectivity index (χ4v) is 1.31. The van der Waals surface area contributed by atoms with Crippen molar-refractivity contribution in [2.24, 2.45) is 5.92 Å². The van der Waals surface area contributed by atoms with Crippen LogP contribution in [0, 0.1) is 5.92 Å². The van der Waals surface area contributed by atoms with Gasteiger partial charge in [-0.2, -0.15) is 0 Å². The van der Waals surface area contributed by atoms with Gasteiger partial charge in [-0.25, -0.2) is 0 Å². The lowest BCUT2D eigenvalue weighted by Crippen LogP contribution is -2.43. The Kier molecular flexibility index (Phi) is 2.40. The summed E-state index contributed by atoms with van der Waals surface area (Å²) in [5.74, 6) is -0.0265. The van der Waals surface area contributed by atoms with Crippen molar-refractivity contribution in [3.8, 4) is 0 Å². The Hall–Kier alpha value is -0.990. The zero-order chi connectivity index (χ0) is 9.30. The molecule has 1 aliphatic rings. The zero-order valence-corrected chi connectivity index (χ0v) is 7.72. The summed E-state index contributed by atoms with van der Waals surface area (Å²) in [7, 11) is 0. The van der Waals surface area contributed by atoms with E-state index in [2.05, 4.69) is 19.2 Å². The summed E-state index contributed by atoms with van der Waals surface area (Å²) >= 11 is 0. The molecule has 0 saturated heterocycles. The zero-order valence-electron chi connectivity index (χ0n) is 7.72. The molecule has 3 nitrogen and oxygen atoms in total. The molecule has 0 aromatic rings. The maximum absolute atomic E-state index is 11.1. The summed E-state index contributed by atoms with van der Waals surface area (Å²) < 4.78 is 0. The number of carbonyl (C=O) groups is 1. The van der Waals surface area contributed by atoms with Crippen LogP contribution < -0.4 is 5.32 Å². The SMILES string of the molecule is CC1=C(O)C(=O)NC(C(C)C)C1. The van der Waals surface area contributed by atoms with Crippen LogP contribution in [0.15, 0.2) is 11.3 Å². The summed E-state index contributed by atoms with van der Waals surface area (Å²) in [5.41, 5.74) is 0.789. The number of hydrogen-bond acceptors (Lipinski definition) is 2. The molecule has 1 unspecified atom stereocenters. The summed E-state index contributed by atoms with van der Waals surface area (Å²) in [5, 5.41) is 12.0. The smallest absolute Gasteiger partial charge is 0.286 e. The van der Waals surface area contributed by atoms with Crippen molar-refractivity contribution in [2.75, 3.05) is 0 Å². The lowest BCUT2D eigenvalue weighted by atomic mass is 9.93. The highest BCUT2D eigenvalue weighted by atomic mass is 16.3. The third kappa shape index (κ3) is 1.60. The van der Waals surface area contributed by atoms with Crippen LogP contribution in [0.3, 0.4) is 0 Å². The van der Waals surface area contributed by atoms with E-state index < -0.39 is 0 Å². The highest BCUT2D eigenvalue weighted by Crippen LogP contribution is 2.19. The minimum Gasteiger partial charge on any atom is -0.503 e. The standard InChI is InChI=1S/C9H15NO2/c1-5(2)7-4-6(3)8(11)9(12)10-7/h5,7,11H,4H2,1-3H3,(H,10,12). The van der Waals surface area contributed by atoms with Gasteiger partial charge in [0.15, 0.2) is 5.76 Å². The van der Waals surface area contributed by atoms with Gasteiger partial charge in [0.1, 0.15) is 0 Å². The number of aliphatic hydroxyl groups excluding tert-OH is 1. The number of nitrogens with one attached hydrogen (secondary N) is 1. The van der Waals surface area contributed by atoms with E-state index in [-0.39, 0.29) is 17.7 Å². The minimum absolute atomic E-state index is 0.105. The van der Waals surface area contributed by atoms with Gasteiger partial charge in [-0.1, -0.05) is 13.8 Å². The molecule has 2 N–H and O–H groups in total. The maximum Gasteiger partial charge on any atom is 0.286 e. The first-order valence-electron chi connectivity index (χ1n) is 4.22. The maximum atomic E-state index is 11.1. The summed E-state index contributed by atoms with van der Waals surface area (Å²) in [4.78, 5) is 11.1. The van der Waals surface area contributed by atoms with Gasteiger partial charge in [-0.15, -0.1) is 0 Å². The van der Waals surface area contributed by atoms with Crippen LogP contribution in [0.2, 0.25) is 0 Å². The van der Waals surface area contributed by atoms with Gasteiger partial charge in [0.05, 0.1) is 0 Å². The molecule has 0 aliphatic carbocycles. The molecule has 1 amide bonds. The highest BCUT2D eigenvalue weighted by Gasteiger charge is 2.25. The normalized spacial score (nSPS) is 24.7. The summed E-state index contributed by atoms with van der Waals surface area (Å²) in [6.45, 7) is 5.91. The van der Waals surface area contributed by atoms with E-state index in [1.54, 1.807) is 6.92 Å². The molecule has 0 aromatic heterocycles. The van der Waals surface area contributed by atoms with Crippen LogP contribution in [-0.4, -0.2) is 17.1 Å². The van der Waals surface area contributed by atoms with Crippen molar-refractivity contribution < 1.29 is 9.90 Å². The van der Waals surface area contributed by atoms with Crippen LogP contribution in [0.4, 0.5) is 0 Å². The van der Waals surface area contributed by atoms with Gasteiger partial charge in [-0.3, -0.25) is 4.79 Å². The topological polar surface area (TPSA) is 49.3 Å². The van der Waals surface area contributed by atoms with Gasteiger partial charge in [0.2, 0.25) is 0 Å². The van der Waals surface area contributed by atoms with Gasteiger partial charge >= 0.3 is 0 Å². The van der Waals surface area contributed by atoms with Crippen LogP contribution in [0.5, 0.6) is 0 Å². The van der Waals surface area contributed by atoms with E-state index in [1.807, 2.05) is 0 Å². The molecule has 0 bridgehead atoms. The first-order chi connectivity index (χ1) is 5.52. The average Bonchev–Trinajstić information content (AvgIpc) is 1.99. The second-order valence-corrected chi connectivity index (χ2v) is 3.66. The molecule has 1 aliphatic heterocycles.